The number of benzene rings is 1. The largest absolute Gasteiger partial charge is 0.497 e. The van der Waals surface area contributed by atoms with Gasteiger partial charge in [0, 0.05) is 11.6 Å². The second kappa shape index (κ2) is 10.3. The van der Waals surface area contributed by atoms with Gasteiger partial charge in [-0.25, -0.2) is 14.8 Å². The average Bonchev–Trinajstić information content (AvgIpc) is 3.55. The van der Waals surface area contributed by atoms with Crippen molar-refractivity contribution in [3.63, 3.8) is 0 Å². The standard InChI is InChI=1S/C25H26N8O3S/c1-14(2)33-13-26-32-23(33)18-5-4-6-20(27-18)29-24(35)31-25-30-22-19(37-25)12-11-17(28-22)21(34)15-7-9-16(36-3)10-8-15/h4-10,13-14,17,28H,11-12H2,1-3H3,(H2,27,29,30,31,35). The summed E-state index contributed by atoms with van der Waals surface area (Å²) in [5.74, 6) is 2.30. The maximum absolute atomic E-state index is 12.9. The Morgan fingerprint density at radius 1 is 1.14 bits per heavy atom. The number of thiazole rings is 1. The summed E-state index contributed by atoms with van der Waals surface area (Å²) >= 11 is 1.38. The number of pyridine rings is 1. The predicted molar refractivity (Wildman–Crippen MR) is 141 cm³/mol. The van der Waals surface area contributed by atoms with Crippen molar-refractivity contribution in [2.24, 2.45) is 0 Å². The lowest BCUT2D eigenvalue weighted by molar-refractivity contribution is 0.0964. The molecule has 0 aliphatic carbocycles. The molecule has 0 spiro atoms. The summed E-state index contributed by atoms with van der Waals surface area (Å²) in [6.45, 7) is 4.06. The summed E-state index contributed by atoms with van der Waals surface area (Å²) in [6, 6.07) is 11.7. The van der Waals surface area contributed by atoms with Crippen LogP contribution in [-0.2, 0) is 6.42 Å². The zero-order valence-corrected chi connectivity index (χ0v) is 21.4. The van der Waals surface area contributed by atoms with Crippen LogP contribution in [0.5, 0.6) is 5.75 Å². The number of carbonyl (C=O) groups excluding carboxylic acids is 2. The number of ketones is 1. The van der Waals surface area contributed by atoms with E-state index in [0.29, 0.717) is 52.4 Å². The van der Waals surface area contributed by atoms with Crippen molar-refractivity contribution in [1.29, 1.82) is 0 Å². The van der Waals surface area contributed by atoms with Gasteiger partial charge in [0.2, 0.25) is 0 Å². The van der Waals surface area contributed by atoms with Crippen LogP contribution in [0, 0.1) is 0 Å². The molecule has 1 aromatic carbocycles. The smallest absolute Gasteiger partial charge is 0.326 e. The van der Waals surface area contributed by atoms with E-state index in [-0.39, 0.29) is 17.9 Å². The fraction of sp³-hybridized carbons (Fsp3) is 0.280. The molecular formula is C25H26N8O3S. The summed E-state index contributed by atoms with van der Waals surface area (Å²) in [6.07, 6.45) is 2.99. The number of fused-ring (bicyclic) bond motifs is 1. The van der Waals surface area contributed by atoms with Crippen LogP contribution in [0.2, 0.25) is 0 Å². The van der Waals surface area contributed by atoms with Crippen LogP contribution in [0.3, 0.4) is 0 Å². The lowest BCUT2D eigenvalue weighted by atomic mass is 9.97. The number of hydrogen-bond donors (Lipinski definition) is 3. The number of aryl methyl sites for hydroxylation is 1. The maximum atomic E-state index is 12.9. The molecule has 5 rings (SSSR count). The van der Waals surface area contributed by atoms with E-state index in [0.717, 1.165) is 4.88 Å². The number of methoxy groups -OCH3 is 1. The van der Waals surface area contributed by atoms with Gasteiger partial charge in [-0.1, -0.05) is 17.4 Å². The first-order valence-corrected chi connectivity index (χ1v) is 12.6. The van der Waals surface area contributed by atoms with Crippen LogP contribution >= 0.6 is 11.3 Å². The number of urea groups is 1. The van der Waals surface area contributed by atoms with Crippen LogP contribution in [-0.4, -0.2) is 49.7 Å². The molecule has 3 aromatic heterocycles. The molecule has 0 radical (unpaired) electrons. The Labute approximate surface area is 217 Å². The van der Waals surface area contributed by atoms with Gasteiger partial charge in [-0.05, 0) is 63.1 Å². The summed E-state index contributed by atoms with van der Waals surface area (Å²) in [7, 11) is 1.59. The number of Topliss-reactive ketones (excluding diaryl/α,β-unsaturated/α-hetero) is 1. The molecule has 1 atom stereocenters. The minimum Gasteiger partial charge on any atom is -0.497 e. The van der Waals surface area contributed by atoms with Crippen molar-refractivity contribution >= 4 is 39.9 Å². The van der Waals surface area contributed by atoms with Gasteiger partial charge in [-0.2, -0.15) is 0 Å². The van der Waals surface area contributed by atoms with Gasteiger partial charge in [-0.15, -0.1) is 10.2 Å². The molecule has 12 heteroatoms. The summed E-state index contributed by atoms with van der Waals surface area (Å²) in [5.41, 5.74) is 1.21. The number of ether oxygens (including phenoxy) is 1. The number of anilines is 3. The van der Waals surface area contributed by atoms with Crippen LogP contribution in [0.15, 0.2) is 48.8 Å². The van der Waals surface area contributed by atoms with Crippen molar-refractivity contribution in [1.82, 2.24) is 24.7 Å². The number of nitrogens with zero attached hydrogens (tertiary/aromatic N) is 5. The van der Waals surface area contributed by atoms with E-state index < -0.39 is 6.03 Å². The molecule has 2 amide bonds. The highest BCUT2D eigenvalue weighted by atomic mass is 32.1. The monoisotopic (exact) mass is 518 g/mol. The molecule has 11 nitrogen and oxygen atoms in total. The second-order valence-corrected chi connectivity index (χ2v) is 9.85. The van der Waals surface area contributed by atoms with Gasteiger partial charge < -0.3 is 14.6 Å². The minimum absolute atomic E-state index is 0.00666. The van der Waals surface area contributed by atoms with Crippen molar-refractivity contribution in [2.45, 2.75) is 38.8 Å². The van der Waals surface area contributed by atoms with Gasteiger partial charge in [0.25, 0.3) is 0 Å². The number of aromatic nitrogens is 5. The van der Waals surface area contributed by atoms with E-state index in [1.54, 1.807) is 49.8 Å². The second-order valence-electron chi connectivity index (χ2n) is 8.76. The van der Waals surface area contributed by atoms with Crippen molar-refractivity contribution in [3.8, 4) is 17.3 Å². The lowest BCUT2D eigenvalue weighted by Crippen LogP contribution is -2.33. The highest BCUT2D eigenvalue weighted by molar-refractivity contribution is 7.16. The molecule has 1 aliphatic rings. The van der Waals surface area contributed by atoms with E-state index in [1.165, 1.54) is 11.3 Å². The first-order valence-electron chi connectivity index (χ1n) is 11.8. The Kier molecular flexibility index (Phi) is 6.82. The van der Waals surface area contributed by atoms with Crippen molar-refractivity contribution in [3.05, 3.63) is 59.2 Å². The molecule has 37 heavy (non-hydrogen) atoms. The van der Waals surface area contributed by atoms with E-state index in [2.05, 4.69) is 36.1 Å². The Bertz CT molecular complexity index is 1430. The van der Waals surface area contributed by atoms with E-state index in [4.69, 9.17) is 4.74 Å². The molecule has 190 valence electrons. The van der Waals surface area contributed by atoms with Gasteiger partial charge >= 0.3 is 6.03 Å². The molecule has 4 heterocycles. The molecule has 4 aromatic rings. The van der Waals surface area contributed by atoms with Crippen LogP contribution in [0.25, 0.3) is 11.5 Å². The van der Waals surface area contributed by atoms with Crippen LogP contribution in [0.1, 0.15) is 41.5 Å². The molecule has 1 aliphatic heterocycles. The maximum Gasteiger partial charge on any atom is 0.326 e. The van der Waals surface area contributed by atoms with Crippen LogP contribution < -0.4 is 20.7 Å². The number of carbonyl (C=O) groups is 2. The quantitative estimate of drug-likeness (QED) is 0.301. The Hall–Kier alpha value is -4.32. The Balaban J connectivity index is 1.23. The Morgan fingerprint density at radius 2 is 1.95 bits per heavy atom. The van der Waals surface area contributed by atoms with E-state index in [9.17, 15) is 9.59 Å². The summed E-state index contributed by atoms with van der Waals surface area (Å²) in [5, 5.41) is 17.3. The number of rotatable bonds is 7. The zero-order chi connectivity index (χ0) is 25.9. The molecule has 0 saturated heterocycles. The van der Waals surface area contributed by atoms with E-state index >= 15 is 0 Å². The van der Waals surface area contributed by atoms with Gasteiger partial charge in [0.05, 0.1) is 18.0 Å². The third-order valence-corrected chi connectivity index (χ3v) is 6.96. The normalized spacial score (nSPS) is 14.5. The third kappa shape index (κ3) is 5.28. The van der Waals surface area contributed by atoms with E-state index in [1.807, 2.05) is 24.5 Å². The van der Waals surface area contributed by atoms with Gasteiger partial charge in [0.15, 0.2) is 16.7 Å². The Morgan fingerprint density at radius 3 is 2.70 bits per heavy atom. The molecule has 0 fully saturated rings. The molecule has 1 unspecified atom stereocenters. The molecular weight excluding hydrogens is 492 g/mol. The van der Waals surface area contributed by atoms with Gasteiger partial charge in [-0.3, -0.25) is 15.4 Å². The molecule has 0 bridgehead atoms. The number of nitrogens with one attached hydrogen (secondary N) is 3. The zero-order valence-electron chi connectivity index (χ0n) is 20.6. The van der Waals surface area contributed by atoms with Crippen LogP contribution in [0.4, 0.5) is 21.6 Å². The number of amides is 2. The third-order valence-electron chi connectivity index (χ3n) is 5.93. The summed E-state index contributed by atoms with van der Waals surface area (Å²) in [4.78, 5) is 35.6. The summed E-state index contributed by atoms with van der Waals surface area (Å²) < 4.78 is 7.07. The minimum atomic E-state index is -0.466. The highest BCUT2D eigenvalue weighted by Crippen LogP contribution is 2.33. The first kappa shape index (κ1) is 24.4. The van der Waals surface area contributed by atoms with Crippen molar-refractivity contribution in [2.75, 3.05) is 23.1 Å². The molecule has 3 N–H and O–H groups in total. The SMILES string of the molecule is COc1ccc(C(=O)C2CCc3sc(NC(=O)Nc4cccc(-c5nncn5C(C)C)n4)nc3N2)cc1. The average molecular weight is 519 g/mol. The highest BCUT2D eigenvalue weighted by Gasteiger charge is 2.28. The first-order chi connectivity index (χ1) is 17.9. The fourth-order valence-electron chi connectivity index (χ4n) is 4.03. The molecule has 0 saturated carbocycles. The fourth-order valence-corrected chi connectivity index (χ4v) is 4.97. The number of hydrogen-bond acceptors (Lipinski definition) is 9. The topological polar surface area (TPSA) is 136 Å². The van der Waals surface area contributed by atoms with Crippen molar-refractivity contribution < 1.29 is 14.3 Å². The lowest BCUT2D eigenvalue weighted by Gasteiger charge is -2.22. The predicted octanol–water partition coefficient (Wildman–Crippen LogP) is 4.64. The van der Waals surface area contributed by atoms with Gasteiger partial charge in [0.1, 0.15) is 29.4 Å².